The summed E-state index contributed by atoms with van der Waals surface area (Å²) in [6.07, 6.45) is 5.10. The Bertz CT molecular complexity index is 427. The van der Waals surface area contributed by atoms with Crippen molar-refractivity contribution in [1.29, 1.82) is 0 Å². The first kappa shape index (κ1) is 14.8. The second-order valence-corrected chi connectivity index (χ2v) is 7.27. The Hall–Kier alpha value is -1.10. The van der Waals surface area contributed by atoms with Crippen LogP contribution in [-0.2, 0) is 9.59 Å². The molecule has 4 atom stereocenters. The Labute approximate surface area is 126 Å². The van der Waals surface area contributed by atoms with Crippen LogP contribution in [0.3, 0.4) is 0 Å². The zero-order valence-corrected chi connectivity index (χ0v) is 13.1. The summed E-state index contributed by atoms with van der Waals surface area (Å²) in [7, 11) is 3.60. The van der Waals surface area contributed by atoms with Crippen LogP contribution in [0.1, 0.15) is 32.1 Å². The highest BCUT2D eigenvalue weighted by molar-refractivity contribution is 5.82. The Morgan fingerprint density at radius 3 is 2.19 bits per heavy atom. The normalized spacial score (nSPS) is 36.0. The van der Waals surface area contributed by atoms with Gasteiger partial charge in [-0.1, -0.05) is 0 Å². The molecule has 0 aromatic rings. The predicted molar refractivity (Wildman–Crippen MR) is 80.3 cm³/mol. The van der Waals surface area contributed by atoms with Gasteiger partial charge in [-0.15, -0.1) is 0 Å². The second kappa shape index (κ2) is 5.59. The zero-order chi connectivity index (χ0) is 15.1. The molecule has 5 heteroatoms. The van der Waals surface area contributed by atoms with E-state index < -0.39 is 0 Å². The number of piperidine rings is 1. The first-order chi connectivity index (χ1) is 9.99. The van der Waals surface area contributed by atoms with Gasteiger partial charge in [0.1, 0.15) is 0 Å². The van der Waals surface area contributed by atoms with E-state index in [9.17, 15) is 9.59 Å². The van der Waals surface area contributed by atoms with E-state index in [1.807, 2.05) is 4.90 Å². The maximum atomic E-state index is 12.8. The summed E-state index contributed by atoms with van der Waals surface area (Å²) < 4.78 is 0. The van der Waals surface area contributed by atoms with Crippen LogP contribution in [0.2, 0.25) is 0 Å². The van der Waals surface area contributed by atoms with Crippen LogP contribution in [0.5, 0.6) is 0 Å². The lowest BCUT2D eigenvalue weighted by atomic mass is 9.83. The molecule has 21 heavy (non-hydrogen) atoms. The summed E-state index contributed by atoms with van der Waals surface area (Å²) in [6, 6.07) is 0.0670. The van der Waals surface area contributed by atoms with Gasteiger partial charge in [0, 0.05) is 39.1 Å². The smallest absolute Gasteiger partial charge is 0.227 e. The average Bonchev–Trinajstić information content (AvgIpc) is 3.07. The van der Waals surface area contributed by atoms with Crippen molar-refractivity contribution >= 4 is 11.8 Å². The lowest BCUT2D eigenvalue weighted by Crippen LogP contribution is -2.50. The van der Waals surface area contributed by atoms with Gasteiger partial charge in [-0.25, -0.2) is 0 Å². The van der Waals surface area contributed by atoms with Crippen LogP contribution in [0.25, 0.3) is 0 Å². The monoisotopic (exact) mass is 293 g/mol. The molecule has 1 saturated heterocycles. The number of rotatable bonds is 2. The maximum absolute atomic E-state index is 12.8. The average molecular weight is 293 g/mol. The number of nitrogens with zero attached hydrogens (tertiary/aromatic N) is 2. The predicted octanol–water partition coefficient (Wildman–Crippen LogP) is 0.687. The molecule has 2 bridgehead atoms. The number of carbonyl (C=O) groups is 2. The molecule has 1 aliphatic heterocycles. The Morgan fingerprint density at radius 2 is 1.67 bits per heavy atom. The van der Waals surface area contributed by atoms with Crippen molar-refractivity contribution in [1.82, 2.24) is 9.80 Å². The number of likely N-dealkylation sites (tertiary alicyclic amines) is 1. The van der Waals surface area contributed by atoms with E-state index in [1.165, 1.54) is 12.8 Å². The van der Waals surface area contributed by atoms with Crippen molar-refractivity contribution in [3.63, 3.8) is 0 Å². The molecule has 0 aromatic carbocycles. The van der Waals surface area contributed by atoms with Gasteiger partial charge in [0.2, 0.25) is 11.8 Å². The summed E-state index contributed by atoms with van der Waals surface area (Å²) >= 11 is 0. The highest BCUT2D eigenvalue weighted by atomic mass is 16.2. The van der Waals surface area contributed by atoms with Gasteiger partial charge in [0.05, 0.1) is 5.92 Å². The van der Waals surface area contributed by atoms with Crippen LogP contribution in [0.4, 0.5) is 0 Å². The second-order valence-electron chi connectivity index (χ2n) is 7.27. The molecule has 3 rings (SSSR count). The molecule has 0 aromatic heterocycles. The van der Waals surface area contributed by atoms with Crippen molar-refractivity contribution in [2.75, 3.05) is 27.2 Å². The third-order valence-electron chi connectivity index (χ3n) is 5.86. The molecule has 2 aliphatic carbocycles. The molecule has 4 unspecified atom stereocenters. The van der Waals surface area contributed by atoms with Crippen LogP contribution >= 0.6 is 0 Å². The number of nitrogens with two attached hydrogens (primary N) is 1. The quantitative estimate of drug-likeness (QED) is 0.814. The fraction of sp³-hybridized carbons (Fsp3) is 0.875. The summed E-state index contributed by atoms with van der Waals surface area (Å²) in [5.74, 6) is 1.65. The largest absolute Gasteiger partial charge is 0.349 e. The molecular weight excluding hydrogens is 266 g/mol. The maximum Gasteiger partial charge on any atom is 0.227 e. The van der Waals surface area contributed by atoms with Crippen LogP contribution in [0, 0.1) is 23.7 Å². The number of hydrogen-bond donors (Lipinski definition) is 1. The van der Waals surface area contributed by atoms with E-state index in [1.54, 1.807) is 19.0 Å². The van der Waals surface area contributed by atoms with Crippen LogP contribution in [0.15, 0.2) is 0 Å². The molecule has 1 heterocycles. The molecule has 3 fully saturated rings. The molecule has 2 N–H and O–H groups in total. The van der Waals surface area contributed by atoms with Gasteiger partial charge in [0.15, 0.2) is 0 Å². The number of amides is 2. The van der Waals surface area contributed by atoms with E-state index in [4.69, 9.17) is 5.73 Å². The Kier molecular flexibility index (Phi) is 3.95. The van der Waals surface area contributed by atoms with E-state index in [0.29, 0.717) is 24.9 Å². The minimum Gasteiger partial charge on any atom is -0.349 e. The summed E-state index contributed by atoms with van der Waals surface area (Å²) in [5.41, 5.74) is 6.28. The van der Waals surface area contributed by atoms with Crippen molar-refractivity contribution < 1.29 is 9.59 Å². The highest BCUT2D eigenvalue weighted by Crippen LogP contribution is 2.48. The van der Waals surface area contributed by atoms with Crippen LogP contribution < -0.4 is 5.73 Å². The summed E-state index contributed by atoms with van der Waals surface area (Å²) in [4.78, 5) is 28.4. The fourth-order valence-electron chi connectivity index (χ4n) is 4.63. The zero-order valence-electron chi connectivity index (χ0n) is 13.1. The standard InChI is InChI=1S/C16H27N3O2/c1-18(2)15(20)10-5-7-19(8-6-10)16(21)13-11-3-4-12(9-11)14(13)17/h10-14H,3-9,17H2,1-2H3. The van der Waals surface area contributed by atoms with Gasteiger partial charge in [0.25, 0.3) is 0 Å². The number of fused-ring (bicyclic) bond motifs is 2. The van der Waals surface area contributed by atoms with E-state index in [0.717, 1.165) is 19.3 Å². The molecule has 118 valence electrons. The van der Waals surface area contributed by atoms with Gasteiger partial charge in [-0.2, -0.15) is 0 Å². The summed E-state index contributed by atoms with van der Waals surface area (Å²) in [6.45, 7) is 1.42. The third kappa shape index (κ3) is 2.56. The minimum absolute atomic E-state index is 0.0462. The fourth-order valence-corrected chi connectivity index (χ4v) is 4.63. The van der Waals surface area contributed by atoms with Gasteiger partial charge in [-0.3, -0.25) is 9.59 Å². The summed E-state index contributed by atoms with van der Waals surface area (Å²) in [5, 5.41) is 0. The number of carbonyl (C=O) groups excluding carboxylic acids is 2. The minimum atomic E-state index is 0.0462. The van der Waals surface area contributed by atoms with Gasteiger partial charge >= 0.3 is 0 Å². The highest BCUT2D eigenvalue weighted by Gasteiger charge is 2.50. The molecule has 2 amide bonds. The topological polar surface area (TPSA) is 66.6 Å². The van der Waals surface area contributed by atoms with Gasteiger partial charge < -0.3 is 15.5 Å². The Balaban J connectivity index is 1.57. The molecule has 2 saturated carbocycles. The van der Waals surface area contributed by atoms with E-state index in [2.05, 4.69) is 0 Å². The lowest BCUT2D eigenvalue weighted by Gasteiger charge is -2.37. The van der Waals surface area contributed by atoms with Crippen molar-refractivity contribution in [3.05, 3.63) is 0 Å². The van der Waals surface area contributed by atoms with E-state index in [-0.39, 0.29) is 29.7 Å². The van der Waals surface area contributed by atoms with E-state index >= 15 is 0 Å². The molecule has 0 radical (unpaired) electrons. The molecule has 3 aliphatic rings. The third-order valence-corrected chi connectivity index (χ3v) is 5.86. The lowest BCUT2D eigenvalue weighted by molar-refractivity contribution is -0.142. The molecular formula is C16H27N3O2. The van der Waals surface area contributed by atoms with Gasteiger partial charge in [-0.05, 0) is 43.9 Å². The van der Waals surface area contributed by atoms with Crippen molar-refractivity contribution in [2.45, 2.75) is 38.1 Å². The first-order valence-electron chi connectivity index (χ1n) is 8.24. The van der Waals surface area contributed by atoms with Crippen LogP contribution in [-0.4, -0.2) is 54.8 Å². The van der Waals surface area contributed by atoms with Crippen molar-refractivity contribution in [2.24, 2.45) is 29.4 Å². The number of hydrogen-bond acceptors (Lipinski definition) is 3. The molecule has 0 spiro atoms. The first-order valence-corrected chi connectivity index (χ1v) is 8.24. The Morgan fingerprint density at radius 1 is 1.05 bits per heavy atom. The SMILES string of the molecule is CN(C)C(=O)C1CCN(C(=O)C2C3CCC(C3)C2N)CC1. The molecule has 5 nitrogen and oxygen atoms in total. The van der Waals surface area contributed by atoms with Crippen molar-refractivity contribution in [3.8, 4) is 0 Å².